The van der Waals surface area contributed by atoms with Crippen LogP contribution >= 0.6 is 0 Å². The first-order valence-electron chi connectivity index (χ1n) is 5.14. The largest absolute Gasteiger partial charge is 0.478 e. The van der Waals surface area contributed by atoms with Gasteiger partial charge in [0.25, 0.3) is 5.91 Å². The normalized spacial score (nSPS) is 11.0. The number of carboxylic acids is 1. The molecule has 4 N–H and O–H groups in total. The fraction of sp³-hybridized carbons (Fsp3) is 0.364. The summed E-state index contributed by atoms with van der Waals surface area (Å²) in [7, 11) is 0. The van der Waals surface area contributed by atoms with Crippen molar-refractivity contribution in [2.24, 2.45) is 11.1 Å². The van der Waals surface area contributed by atoms with Gasteiger partial charge in [-0.25, -0.2) is 4.79 Å². The number of amides is 2. The van der Waals surface area contributed by atoms with Gasteiger partial charge in [0.05, 0.1) is 11.0 Å². The number of carbonyl (C=O) groups is 3. The van der Waals surface area contributed by atoms with Gasteiger partial charge in [0.1, 0.15) is 6.26 Å². The summed E-state index contributed by atoms with van der Waals surface area (Å²) in [6, 6.07) is 1.11. The maximum Gasteiger partial charge on any atom is 0.338 e. The van der Waals surface area contributed by atoms with Crippen LogP contribution in [0.3, 0.4) is 0 Å². The number of furan rings is 1. The van der Waals surface area contributed by atoms with Crippen molar-refractivity contribution in [3.05, 3.63) is 23.7 Å². The molecule has 1 aromatic heterocycles. The molecule has 1 rings (SSSR count). The third-order valence-corrected chi connectivity index (χ3v) is 2.43. The molecule has 0 unspecified atom stereocenters. The SMILES string of the molecule is CC(C)(CNC(=O)c1cc(C(=O)O)co1)C(N)=O. The van der Waals surface area contributed by atoms with Crippen molar-refractivity contribution in [2.45, 2.75) is 13.8 Å². The Morgan fingerprint density at radius 3 is 2.50 bits per heavy atom. The van der Waals surface area contributed by atoms with Crippen LogP contribution in [0.1, 0.15) is 34.8 Å². The molecular weight excluding hydrogens is 240 g/mol. The molecule has 0 aliphatic carbocycles. The van der Waals surface area contributed by atoms with E-state index >= 15 is 0 Å². The summed E-state index contributed by atoms with van der Waals surface area (Å²) < 4.78 is 4.80. The van der Waals surface area contributed by atoms with E-state index in [0.29, 0.717) is 0 Å². The summed E-state index contributed by atoms with van der Waals surface area (Å²) in [5.41, 5.74) is 4.14. The summed E-state index contributed by atoms with van der Waals surface area (Å²) in [5, 5.41) is 11.1. The standard InChI is InChI=1S/C11H14N2O5/c1-11(2,10(12)17)5-13-8(14)7-3-6(4-18-7)9(15)16/h3-4H,5H2,1-2H3,(H2,12,17)(H,13,14)(H,15,16). The number of carbonyl (C=O) groups excluding carboxylic acids is 2. The predicted octanol–water partition coefficient (Wildman–Crippen LogP) is 0.219. The summed E-state index contributed by atoms with van der Waals surface area (Å²) >= 11 is 0. The van der Waals surface area contributed by atoms with Crippen molar-refractivity contribution in [1.29, 1.82) is 0 Å². The Bertz CT molecular complexity index is 489. The first-order valence-corrected chi connectivity index (χ1v) is 5.14. The molecule has 0 spiro atoms. The van der Waals surface area contributed by atoms with Crippen molar-refractivity contribution < 1.29 is 23.9 Å². The second-order valence-corrected chi connectivity index (χ2v) is 4.44. The van der Waals surface area contributed by atoms with Gasteiger partial charge >= 0.3 is 5.97 Å². The molecule has 0 bridgehead atoms. The lowest BCUT2D eigenvalue weighted by molar-refractivity contribution is -0.125. The fourth-order valence-electron chi connectivity index (χ4n) is 1.04. The van der Waals surface area contributed by atoms with Gasteiger partial charge in [-0.05, 0) is 13.8 Å². The van der Waals surface area contributed by atoms with Crippen LogP contribution in [0.15, 0.2) is 16.7 Å². The molecule has 0 atom stereocenters. The van der Waals surface area contributed by atoms with Crippen LogP contribution in [0.25, 0.3) is 0 Å². The molecular formula is C11H14N2O5. The maximum atomic E-state index is 11.6. The monoisotopic (exact) mass is 254 g/mol. The van der Waals surface area contributed by atoms with E-state index in [-0.39, 0.29) is 17.9 Å². The summed E-state index contributed by atoms with van der Waals surface area (Å²) in [4.78, 5) is 33.2. The average molecular weight is 254 g/mol. The summed E-state index contributed by atoms with van der Waals surface area (Å²) in [5.74, 6) is -2.46. The van der Waals surface area contributed by atoms with Gasteiger partial charge in [0.15, 0.2) is 5.76 Å². The number of primary amides is 1. The first kappa shape index (κ1) is 13.8. The number of hydrogen-bond donors (Lipinski definition) is 3. The van der Waals surface area contributed by atoms with E-state index in [0.717, 1.165) is 12.3 Å². The smallest absolute Gasteiger partial charge is 0.338 e. The number of aromatic carboxylic acids is 1. The van der Waals surface area contributed by atoms with Crippen LogP contribution in [0, 0.1) is 5.41 Å². The summed E-state index contributed by atoms with van der Waals surface area (Å²) in [6.07, 6.45) is 0.969. The van der Waals surface area contributed by atoms with E-state index in [1.54, 1.807) is 13.8 Å². The third kappa shape index (κ3) is 3.09. The van der Waals surface area contributed by atoms with Crippen molar-refractivity contribution in [3.63, 3.8) is 0 Å². The van der Waals surface area contributed by atoms with Gasteiger partial charge in [-0.15, -0.1) is 0 Å². The van der Waals surface area contributed by atoms with Crippen LogP contribution in [0.5, 0.6) is 0 Å². The Balaban J connectivity index is 2.66. The lowest BCUT2D eigenvalue weighted by Crippen LogP contribution is -2.42. The Morgan fingerprint density at radius 1 is 1.44 bits per heavy atom. The van der Waals surface area contributed by atoms with E-state index < -0.39 is 23.2 Å². The first-order chi connectivity index (χ1) is 8.24. The lowest BCUT2D eigenvalue weighted by atomic mass is 9.93. The highest BCUT2D eigenvalue weighted by atomic mass is 16.4. The molecule has 98 valence electrons. The van der Waals surface area contributed by atoms with Crippen LogP contribution in [-0.4, -0.2) is 29.4 Å². The van der Waals surface area contributed by atoms with E-state index in [1.165, 1.54) is 0 Å². The quantitative estimate of drug-likeness (QED) is 0.693. The molecule has 7 heteroatoms. The van der Waals surface area contributed by atoms with Crippen LogP contribution in [0.4, 0.5) is 0 Å². The number of hydrogen-bond acceptors (Lipinski definition) is 4. The maximum absolute atomic E-state index is 11.6. The molecule has 7 nitrogen and oxygen atoms in total. The highest BCUT2D eigenvalue weighted by molar-refractivity contribution is 5.95. The molecule has 1 aromatic rings. The van der Waals surface area contributed by atoms with Crippen molar-refractivity contribution >= 4 is 17.8 Å². The van der Waals surface area contributed by atoms with Gasteiger partial charge in [0, 0.05) is 12.6 Å². The minimum atomic E-state index is -1.18. The van der Waals surface area contributed by atoms with E-state index in [4.69, 9.17) is 15.3 Å². The van der Waals surface area contributed by atoms with Crippen LogP contribution in [-0.2, 0) is 4.79 Å². The predicted molar refractivity (Wildman–Crippen MR) is 61.0 cm³/mol. The van der Waals surface area contributed by atoms with Gasteiger partial charge < -0.3 is 20.6 Å². The topological polar surface area (TPSA) is 123 Å². The molecule has 0 aromatic carbocycles. The molecule has 1 heterocycles. The van der Waals surface area contributed by atoms with Gasteiger partial charge in [-0.1, -0.05) is 0 Å². The molecule has 0 fully saturated rings. The number of nitrogens with one attached hydrogen (secondary N) is 1. The Kier molecular flexibility index (Phi) is 3.75. The van der Waals surface area contributed by atoms with Crippen LogP contribution in [0.2, 0.25) is 0 Å². The Hall–Kier alpha value is -2.31. The van der Waals surface area contributed by atoms with Crippen molar-refractivity contribution in [2.75, 3.05) is 6.54 Å². The Labute approximate surface area is 103 Å². The molecule has 0 radical (unpaired) electrons. The van der Waals surface area contributed by atoms with Gasteiger partial charge in [-0.2, -0.15) is 0 Å². The number of nitrogens with two attached hydrogens (primary N) is 1. The van der Waals surface area contributed by atoms with Crippen LogP contribution < -0.4 is 11.1 Å². The zero-order valence-electron chi connectivity index (χ0n) is 10.0. The second-order valence-electron chi connectivity index (χ2n) is 4.44. The van der Waals surface area contributed by atoms with E-state index in [1.807, 2.05) is 0 Å². The molecule has 0 saturated heterocycles. The molecule has 0 aliphatic rings. The fourth-order valence-corrected chi connectivity index (χ4v) is 1.04. The zero-order chi connectivity index (χ0) is 13.9. The zero-order valence-corrected chi connectivity index (χ0v) is 10.0. The van der Waals surface area contributed by atoms with Crippen molar-refractivity contribution in [1.82, 2.24) is 5.32 Å². The van der Waals surface area contributed by atoms with Gasteiger partial charge in [-0.3, -0.25) is 9.59 Å². The molecule has 0 saturated carbocycles. The molecule has 18 heavy (non-hydrogen) atoms. The van der Waals surface area contributed by atoms with E-state index in [2.05, 4.69) is 5.32 Å². The number of rotatable bonds is 5. The number of carboxylic acid groups (broad SMARTS) is 1. The third-order valence-electron chi connectivity index (χ3n) is 2.43. The minimum absolute atomic E-state index is 0.0320. The highest BCUT2D eigenvalue weighted by Gasteiger charge is 2.26. The van der Waals surface area contributed by atoms with Gasteiger partial charge in [0.2, 0.25) is 5.91 Å². The Morgan fingerprint density at radius 2 is 2.06 bits per heavy atom. The van der Waals surface area contributed by atoms with Crippen molar-refractivity contribution in [3.8, 4) is 0 Å². The second kappa shape index (κ2) is 4.91. The molecule has 2 amide bonds. The highest BCUT2D eigenvalue weighted by Crippen LogP contribution is 2.13. The van der Waals surface area contributed by atoms with E-state index in [9.17, 15) is 14.4 Å². The lowest BCUT2D eigenvalue weighted by Gasteiger charge is -2.20. The molecule has 0 aliphatic heterocycles. The summed E-state index contributed by atoms with van der Waals surface area (Å²) in [6.45, 7) is 3.20. The minimum Gasteiger partial charge on any atom is -0.478 e. The average Bonchev–Trinajstić information content (AvgIpc) is 2.75.